The average Bonchev–Trinajstić information content (AvgIpc) is 2.97. The van der Waals surface area contributed by atoms with Gasteiger partial charge in [-0.15, -0.1) is 0 Å². The van der Waals surface area contributed by atoms with Crippen molar-refractivity contribution in [3.05, 3.63) is 42.2 Å². The molecule has 5 heteroatoms. The molecule has 0 saturated carbocycles. The number of benzene rings is 1. The van der Waals surface area contributed by atoms with Crippen molar-refractivity contribution in [3.8, 4) is 5.75 Å². The Hall–Kier alpha value is -1.46. The highest BCUT2D eigenvalue weighted by Crippen LogP contribution is 2.40. The quantitative estimate of drug-likeness (QED) is 0.797. The number of thioether (sulfide) groups is 1. The van der Waals surface area contributed by atoms with Crippen LogP contribution in [-0.4, -0.2) is 23.1 Å². The maximum absolute atomic E-state index is 6.27. The Balaban J connectivity index is 2.31. The first-order valence-electron chi connectivity index (χ1n) is 6.30. The van der Waals surface area contributed by atoms with Crippen LogP contribution in [0.5, 0.6) is 5.75 Å². The zero-order valence-corrected chi connectivity index (χ0v) is 12.0. The average molecular weight is 277 g/mol. The molecule has 1 aromatic heterocycles. The van der Waals surface area contributed by atoms with Crippen LogP contribution in [0.15, 0.2) is 41.8 Å². The number of aromatic amines is 1. The first-order chi connectivity index (χ1) is 9.26. The van der Waals surface area contributed by atoms with Crippen LogP contribution in [-0.2, 0) is 0 Å². The number of hydrogen-bond acceptors (Lipinski definition) is 4. The molecule has 2 atom stereocenters. The third-order valence-corrected chi connectivity index (χ3v) is 4.32. The van der Waals surface area contributed by atoms with E-state index in [0.29, 0.717) is 0 Å². The molecule has 0 radical (unpaired) electrons. The molecular weight excluding hydrogens is 258 g/mol. The fourth-order valence-corrected chi connectivity index (χ4v) is 3.12. The molecule has 0 aliphatic rings. The molecule has 0 bridgehead atoms. The van der Waals surface area contributed by atoms with Crippen molar-refractivity contribution in [3.63, 3.8) is 0 Å². The Morgan fingerprint density at radius 3 is 2.84 bits per heavy atom. The summed E-state index contributed by atoms with van der Waals surface area (Å²) < 4.78 is 5.44. The molecule has 0 aliphatic heterocycles. The van der Waals surface area contributed by atoms with Crippen molar-refractivity contribution >= 4 is 11.8 Å². The molecule has 1 heterocycles. The SMILES string of the molecule is CCC(N)C(Sc1ncc[nH]1)c1ccccc1OC. The summed E-state index contributed by atoms with van der Waals surface area (Å²) in [5, 5.41) is 0.993. The molecule has 0 aliphatic carbocycles. The fourth-order valence-electron chi connectivity index (χ4n) is 1.93. The standard InChI is InChI=1S/C14H19N3OS/c1-3-11(15)13(19-14-16-8-9-17-14)10-6-4-5-7-12(10)18-2/h4-9,11,13H,3,15H2,1-2H3,(H,16,17). The van der Waals surface area contributed by atoms with Crippen LogP contribution in [0, 0.1) is 0 Å². The Morgan fingerprint density at radius 2 is 2.21 bits per heavy atom. The monoisotopic (exact) mass is 277 g/mol. The molecule has 0 fully saturated rings. The zero-order chi connectivity index (χ0) is 13.7. The van der Waals surface area contributed by atoms with Gasteiger partial charge in [0.2, 0.25) is 0 Å². The maximum atomic E-state index is 6.27. The minimum Gasteiger partial charge on any atom is -0.496 e. The first kappa shape index (κ1) is 14.0. The van der Waals surface area contributed by atoms with Crippen LogP contribution in [0.4, 0.5) is 0 Å². The van der Waals surface area contributed by atoms with Gasteiger partial charge >= 0.3 is 0 Å². The number of imidazole rings is 1. The molecule has 0 saturated heterocycles. The number of H-pyrrole nitrogens is 1. The summed E-state index contributed by atoms with van der Waals surface area (Å²) in [4.78, 5) is 7.37. The fraction of sp³-hybridized carbons (Fsp3) is 0.357. The summed E-state index contributed by atoms with van der Waals surface area (Å²) in [5.41, 5.74) is 7.38. The molecule has 2 rings (SSSR count). The number of methoxy groups -OCH3 is 1. The second kappa shape index (κ2) is 6.63. The molecule has 0 spiro atoms. The van der Waals surface area contributed by atoms with Gasteiger partial charge in [0, 0.05) is 24.0 Å². The van der Waals surface area contributed by atoms with Gasteiger partial charge < -0.3 is 15.5 Å². The third-order valence-electron chi connectivity index (χ3n) is 3.02. The summed E-state index contributed by atoms with van der Waals surface area (Å²) in [7, 11) is 1.69. The van der Waals surface area contributed by atoms with E-state index >= 15 is 0 Å². The van der Waals surface area contributed by atoms with Crippen LogP contribution in [0.1, 0.15) is 24.2 Å². The first-order valence-corrected chi connectivity index (χ1v) is 7.18. The van der Waals surface area contributed by atoms with Gasteiger partial charge in [-0.3, -0.25) is 0 Å². The lowest BCUT2D eigenvalue weighted by Crippen LogP contribution is -2.26. The molecule has 0 amide bonds. The van der Waals surface area contributed by atoms with Crippen LogP contribution < -0.4 is 10.5 Å². The number of hydrogen-bond donors (Lipinski definition) is 2. The largest absolute Gasteiger partial charge is 0.496 e. The minimum atomic E-state index is 0.0476. The van der Waals surface area contributed by atoms with Crippen LogP contribution in [0.25, 0.3) is 0 Å². The van der Waals surface area contributed by atoms with E-state index in [1.54, 1.807) is 25.1 Å². The number of aromatic nitrogens is 2. The summed E-state index contributed by atoms with van der Waals surface area (Å²) in [6, 6.07) is 8.05. The lowest BCUT2D eigenvalue weighted by atomic mass is 10.0. The van der Waals surface area contributed by atoms with Crippen molar-refractivity contribution in [2.24, 2.45) is 5.73 Å². The highest BCUT2D eigenvalue weighted by Gasteiger charge is 2.23. The van der Waals surface area contributed by atoms with E-state index < -0.39 is 0 Å². The van der Waals surface area contributed by atoms with Crippen molar-refractivity contribution < 1.29 is 4.74 Å². The zero-order valence-electron chi connectivity index (χ0n) is 11.2. The van der Waals surface area contributed by atoms with E-state index in [1.165, 1.54) is 0 Å². The molecule has 3 N–H and O–H groups in total. The van der Waals surface area contributed by atoms with Gasteiger partial charge in [-0.05, 0) is 12.5 Å². The minimum absolute atomic E-state index is 0.0476. The summed E-state index contributed by atoms with van der Waals surface area (Å²) in [6.07, 6.45) is 4.47. The van der Waals surface area contributed by atoms with E-state index in [9.17, 15) is 0 Å². The molecule has 2 aromatic rings. The topological polar surface area (TPSA) is 63.9 Å². The summed E-state index contributed by atoms with van der Waals surface area (Å²) in [6.45, 7) is 2.09. The predicted octanol–water partition coefficient (Wildman–Crippen LogP) is 2.99. The predicted molar refractivity (Wildman–Crippen MR) is 78.4 cm³/mol. The second-order valence-electron chi connectivity index (χ2n) is 4.25. The third kappa shape index (κ3) is 3.30. The molecular formula is C14H19N3OS. The molecule has 2 unspecified atom stereocenters. The van der Waals surface area contributed by atoms with E-state index in [4.69, 9.17) is 10.5 Å². The number of rotatable bonds is 6. The molecule has 102 valence electrons. The number of para-hydroxylation sites is 1. The van der Waals surface area contributed by atoms with Gasteiger partial charge in [0.1, 0.15) is 5.75 Å². The molecule has 19 heavy (non-hydrogen) atoms. The van der Waals surface area contributed by atoms with Crippen LogP contribution in [0.3, 0.4) is 0 Å². The normalized spacial score (nSPS) is 14.1. The maximum Gasteiger partial charge on any atom is 0.165 e. The van der Waals surface area contributed by atoms with Gasteiger partial charge in [0.05, 0.1) is 12.4 Å². The van der Waals surface area contributed by atoms with Gasteiger partial charge in [0.25, 0.3) is 0 Å². The van der Waals surface area contributed by atoms with E-state index in [1.807, 2.05) is 24.4 Å². The van der Waals surface area contributed by atoms with Crippen molar-refractivity contribution in [2.45, 2.75) is 29.8 Å². The Bertz CT molecular complexity index is 501. The Kier molecular flexibility index (Phi) is 4.87. The summed E-state index contributed by atoms with van der Waals surface area (Å²) >= 11 is 1.64. The highest BCUT2D eigenvalue weighted by molar-refractivity contribution is 7.99. The number of nitrogens with zero attached hydrogens (tertiary/aromatic N) is 1. The lowest BCUT2D eigenvalue weighted by Gasteiger charge is -2.23. The van der Waals surface area contributed by atoms with Crippen LogP contribution in [0.2, 0.25) is 0 Å². The van der Waals surface area contributed by atoms with E-state index in [-0.39, 0.29) is 11.3 Å². The number of ether oxygens (including phenoxy) is 1. The lowest BCUT2D eigenvalue weighted by molar-refractivity contribution is 0.407. The highest BCUT2D eigenvalue weighted by atomic mass is 32.2. The van der Waals surface area contributed by atoms with Crippen molar-refractivity contribution in [1.82, 2.24) is 9.97 Å². The van der Waals surface area contributed by atoms with Crippen LogP contribution >= 0.6 is 11.8 Å². The van der Waals surface area contributed by atoms with E-state index in [0.717, 1.165) is 22.9 Å². The van der Waals surface area contributed by atoms with Crippen molar-refractivity contribution in [2.75, 3.05) is 7.11 Å². The van der Waals surface area contributed by atoms with Gasteiger partial charge in [0.15, 0.2) is 5.16 Å². The summed E-state index contributed by atoms with van der Waals surface area (Å²) in [5.74, 6) is 0.871. The second-order valence-corrected chi connectivity index (χ2v) is 5.38. The Morgan fingerprint density at radius 1 is 1.42 bits per heavy atom. The molecule has 1 aromatic carbocycles. The van der Waals surface area contributed by atoms with E-state index in [2.05, 4.69) is 23.0 Å². The van der Waals surface area contributed by atoms with Gasteiger partial charge in [-0.25, -0.2) is 4.98 Å². The van der Waals surface area contributed by atoms with Gasteiger partial charge in [-0.2, -0.15) is 0 Å². The number of nitrogens with two attached hydrogens (primary N) is 1. The van der Waals surface area contributed by atoms with Gasteiger partial charge in [-0.1, -0.05) is 36.9 Å². The van der Waals surface area contributed by atoms with Crippen molar-refractivity contribution in [1.29, 1.82) is 0 Å². The number of nitrogens with one attached hydrogen (secondary N) is 1. The molecule has 4 nitrogen and oxygen atoms in total. The smallest absolute Gasteiger partial charge is 0.165 e. The Labute approximate surface area is 117 Å².